The summed E-state index contributed by atoms with van der Waals surface area (Å²) in [7, 11) is 1.24. The van der Waals surface area contributed by atoms with E-state index in [-0.39, 0.29) is 5.96 Å². The van der Waals surface area contributed by atoms with Crippen molar-refractivity contribution in [1.82, 2.24) is 5.32 Å². The van der Waals surface area contributed by atoms with E-state index in [1.807, 2.05) is 0 Å². The predicted octanol–water partition coefficient (Wildman–Crippen LogP) is -3.13. The minimum atomic E-state index is -1.38. The van der Waals surface area contributed by atoms with Crippen LogP contribution in [0.4, 0.5) is 0 Å². The van der Waals surface area contributed by atoms with Crippen LogP contribution in [0.2, 0.25) is 0 Å². The highest BCUT2D eigenvalue weighted by atomic mass is 16.6. The fraction of sp³-hybridized carbons (Fsp3) is 0.615. The van der Waals surface area contributed by atoms with E-state index in [1.165, 1.54) is 14.0 Å². The van der Waals surface area contributed by atoms with E-state index in [1.54, 1.807) is 0 Å². The second-order valence-electron chi connectivity index (χ2n) is 5.14. The van der Waals surface area contributed by atoms with Crippen molar-refractivity contribution >= 4 is 17.8 Å². The first kappa shape index (κ1) is 19.7. The number of amides is 1. The van der Waals surface area contributed by atoms with E-state index < -0.39 is 54.6 Å². The van der Waals surface area contributed by atoms with Gasteiger partial charge in [-0.3, -0.25) is 4.79 Å². The molecule has 1 amide bonds. The first-order valence-corrected chi connectivity index (χ1v) is 7.00. The number of guanidine groups is 1. The van der Waals surface area contributed by atoms with E-state index in [2.05, 4.69) is 10.3 Å². The van der Waals surface area contributed by atoms with Crippen LogP contribution in [0.3, 0.4) is 0 Å². The highest BCUT2D eigenvalue weighted by Gasteiger charge is 2.44. The summed E-state index contributed by atoms with van der Waals surface area (Å²) in [4.78, 5) is 26.6. The molecule has 0 aromatic heterocycles. The monoisotopic (exact) mass is 346 g/mol. The molecule has 1 rings (SSSR count). The molecule has 0 spiro atoms. The Morgan fingerprint density at radius 3 is 2.54 bits per heavy atom. The lowest BCUT2D eigenvalue weighted by Crippen LogP contribution is -2.60. The number of hydrogen-bond acceptors (Lipinski definition) is 7. The van der Waals surface area contributed by atoms with Gasteiger partial charge in [-0.2, -0.15) is 0 Å². The fourth-order valence-corrected chi connectivity index (χ4v) is 2.41. The van der Waals surface area contributed by atoms with Crippen LogP contribution >= 0.6 is 0 Å². The maximum absolute atomic E-state index is 11.5. The van der Waals surface area contributed by atoms with Gasteiger partial charge in [-0.1, -0.05) is 0 Å². The molecule has 8 N–H and O–H groups in total. The Labute approximate surface area is 137 Å². The zero-order valence-corrected chi connectivity index (χ0v) is 13.2. The Morgan fingerprint density at radius 2 is 2.12 bits per heavy atom. The van der Waals surface area contributed by atoms with Gasteiger partial charge in [0.25, 0.3) is 0 Å². The third-order valence-corrected chi connectivity index (χ3v) is 3.35. The second kappa shape index (κ2) is 8.47. The zero-order chi connectivity index (χ0) is 18.4. The Morgan fingerprint density at radius 1 is 1.50 bits per heavy atom. The maximum atomic E-state index is 11.5. The summed E-state index contributed by atoms with van der Waals surface area (Å²) in [6.07, 6.45) is -2.56. The summed E-state index contributed by atoms with van der Waals surface area (Å²) in [6, 6.07) is -1.90. The molecule has 0 radical (unpaired) electrons. The van der Waals surface area contributed by atoms with Crippen molar-refractivity contribution in [3.05, 3.63) is 11.8 Å². The summed E-state index contributed by atoms with van der Waals surface area (Å²) < 4.78 is 10.5. The van der Waals surface area contributed by atoms with Crippen LogP contribution in [-0.4, -0.2) is 77.3 Å². The summed E-state index contributed by atoms with van der Waals surface area (Å²) in [5, 5.41) is 30.8. The average molecular weight is 346 g/mol. The molecule has 5 atom stereocenters. The molecular formula is C13H22N4O7. The quantitative estimate of drug-likeness (QED) is 0.204. The van der Waals surface area contributed by atoms with Crippen LogP contribution in [0.15, 0.2) is 16.8 Å². The molecule has 0 aromatic rings. The van der Waals surface area contributed by atoms with Gasteiger partial charge in [-0.15, -0.1) is 0 Å². The van der Waals surface area contributed by atoms with Crippen molar-refractivity contribution in [2.75, 3.05) is 13.7 Å². The van der Waals surface area contributed by atoms with Gasteiger partial charge < -0.3 is 41.6 Å². The van der Waals surface area contributed by atoms with Gasteiger partial charge in [0.05, 0.1) is 18.7 Å². The molecule has 11 heteroatoms. The number of carboxylic acids is 1. The number of aliphatic hydroxyl groups is 2. The molecule has 0 bridgehead atoms. The predicted molar refractivity (Wildman–Crippen MR) is 81.7 cm³/mol. The first-order chi connectivity index (χ1) is 11.2. The molecule has 24 heavy (non-hydrogen) atoms. The number of aliphatic imine (C=N–C) groups is 1. The third-order valence-electron chi connectivity index (χ3n) is 3.35. The van der Waals surface area contributed by atoms with Crippen molar-refractivity contribution in [3.63, 3.8) is 0 Å². The van der Waals surface area contributed by atoms with E-state index in [9.17, 15) is 19.8 Å². The van der Waals surface area contributed by atoms with Crippen molar-refractivity contribution < 1.29 is 34.4 Å². The lowest BCUT2D eigenvalue weighted by atomic mass is 9.92. The average Bonchev–Trinajstić information content (AvgIpc) is 2.49. The molecule has 0 aromatic carbocycles. The minimum Gasteiger partial charge on any atom is -0.478 e. The van der Waals surface area contributed by atoms with Crippen LogP contribution in [-0.2, 0) is 19.1 Å². The van der Waals surface area contributed by atoms with Crippen LogP contribution < -0.4 is 16.8 Å². The standard InChI is InChI=1S/C13H22N4O7/c1-5(19)16-9-6(17-13(14)15)3-8(12(21)22)24-11(9)10(23-2)7(20)4-18/h3,6-7,9-11,18,20H,4H2,1-2H3,(H,16,19)(H,21,22)(H4,14,15,17)/t6-,7+,9+,10+,11-/m0/s1. The van der Waals surface area contributed by atoms with Gasteiger partial charge in [0.1, 0.15) is 12.2 Å². The zero-order valence-electron chi connectivity index (χ0n) is 13.2. The number of hydrogen-bond donors (Lipinski definition) is 6. The lowest BCUT2D eigenvalue weighted by Gasteiger charge is -2.39. The van der Waals surface area contributed by atoms with Gasteiger partial charge in [0, 0.05) is 14.0 Å². The van der Waals surface area contributed by atoms with E-state index in [4.69, 9.17) is 26.0 Å². The van der Waals surface area contributed by atoms with Crippen molar-refractivity contribution in [2.45, 2.75) is 37.3 Å². The van der Waals surface area contributed by atoms with Crippen molar-refractivity contribution in [2.24, 2.45) is 16.5 Å². The van der Waals surface area contributed by atoms with Crippen LogP contribution in [0, 0.1) is 0 Å². The number of ether oxygens (including phenoxy) is 2. The Balaban J connectivity index is 3.34. The number of aliphatic carboxylic acids is 1. The summed E-state index contributed by atoms with van der Waals surface area (Å²) in [6.45, 7) is 0.578. The van der Waals surface area contributed by atoms with E-state index in [0.29, 0.717) is 0 Å². The maximum Gasteiger partial charge on any atom is 0.370 e. The molecule has 11 nitrogen and oxygen atoms in total. The number of nitrogens with one attached hydrogen (secondary N) is 1. The number of carboxylic acid groups (broad SMARTS) is 1. The van der Waals surface area contributed by atoms with E-state index in [0.717, 1.165) is 6.08 Å². The molecule has 0 aliphatic carbocycles. The molecule has 1 heterocycles. The lowest BCUT2D eigenvalue weighted by molar-refractivity contribution is -0.149. The summed E-state index contributed by atoms with van der Waals surface area (Å²) >= 11 is 0. The number of carbonyl (C=O) groups is 2. The summed E-state index contributed by atoms with van der Waals surface area (Å²) in [5.41, 5.74) is 10.7. The molecule has 0 saturated heterocycles. The van der Waals surface area contributed by atoms with E-state index >= 15 is 0 Å². The molecule has 0 unspecified atom stereocenters. The normalized spacial score (nSPS) is 25.7. The Kier molecular flexibility index (Phi) is 6.95. The largest absolute Gasteiger partial charge is 0.478 e. The van der Waals surface area contributed by atoms with Gasteiger partial charge in [-0.05, 0) is 6.08 Å². The Bertz CT molecular complexity index is 532. The van der Waals surface area contributed by atoms with Gasteiger partial charge in [0.15, 0.2) is 12.1 Å². The van der Waals surface area contributed by atoms with Crippen LogP contribution in [0.5, 0.6) is 0 Å². The number of aliphatic hydroxyl groups excluding tert-OH is 2. The SMILES string of the molecule is CO[C@@H]([C@H]1OC(C(=O)O)=C[C@H](N=C(N)N)[C@H]1NC(C)=O)[C@H](O)CO. The van der Waals surface area contributed by atoms with Crippen molar-refractivity contribution in [3.8, 4) is 0 Å². The first-order valence-electron chi connectivity index (χ1n) is 7.00. The van der Waals surface area contributed by atoms with Crippen LogP contribution in [0.1, 0.15) is 6.92 Å². The second-order valence-corrected chi connectivity index (χ2v) is 5.14. The number of nitrogens with zero attached hydrogens (tertiary/aromatic N) is 1. The molecule has 0 fully saturated rings. The molecule has 136 valence electrons. The highest BCUT2D eigenvalue weighted by Crippen LogP contribution is 2.26. The van der Waals surface area contributed by atoms with Gasteiger partial charge in [-0.25, -0.2) is 9.79 Å². The number of carbonyl (C=O) groups excluding carboxylic acids is 1. The third kappa shape index (κ3) is 4.81. The van der Waals surface area contributed by atoms with Crippen molar-refractivity contribution in [1.29, 1.82) is 0 Å². The molecular weight excluding hydrogens is 324 g/mol. The Hall–Kier alpha value is -2.37. The molecule has 0 saturated carbocycles. The smallest absolute Gasteiger partial charge is 0.370 e. The highest BCUT2D eigenvalue weighted by molar-refractivity contribution is 5.85. The molecule has 1 aliphatic heterocycles. The minimum absolute atomic E-state index is 0.325. The fourth-order valence-electron chi connectivity index (χ4n) is 2.41. The van der Waals surface area contributed by atoms with Gasteiger partial charge >= 0.3 is 5.97 Å². The molecule has 1 aliphatic rings. The van der Waals surface area contributed by atoms with Gasteiger partial charge in [0.2, 0.25) is 11.7 Å². The summed E-state index contributed by atoms with van der Waals surface area (Å²) in [5.74, 6) is -2.63. The number of methoxy groups -OCH3 is 1. The topological polar surface area (TPSA) is 190 Å². The van der Waals surface area contributed by atoms with Crippen LogP contribution in [0.25, 0.3) is 0 Å². The number of nitrogens with two attached hydrogens (primary N) is 2. The number of rotatable bonds is 7.